The van der Waals surface area contributed by atoms with E-state index in [0.29, 0.717) is 39.0 Å². The Labute approximate surface area is 231 Å². The van der Waals surface area contributed by atoms with Crippen LogP contribution in [0, 0.1) is 11.8 Å². The van der Waals surface area contributed by atoms with Crippen molar-refractivity contribution in [3.8, 4) is 0 Å². The number of fused-ring (bicyclic) bond motifs is 3. The predicted molar refractivity (Wildman–Crippen MR) is 147 cm³/mol. The molecule has 1 N–H and O–H groups in total. The Kier molecular flexibility index (Phi) is 6.96. The average Bonchev–Trinajstić information content (AvgIpc) is 3.49. The molecule has 1 spiro atoms. The summed E-state index contributed by atoms with van der Waals surface area (Å²) in [5.41, 5.74) is 1.58. The predicted octanol–water partition coefficient (Wildman–Crippen LogP) is 1.67. The molecule has 1 aromatic heterocycles. The van der Waals surface area contributed by atoms with Crippen LogP contribution in [0.3, 0.4) is 0 Å². The fourth-order valence-corrected chi connectivity index (χ4v) is 8.66. The molecule has 4 aliphatic heterocycles. The van der Waals surface area contributed by atoms with Crippen molar-refractivity contribution in [2.75, 3.05) is 32.8 Å². The molecule has 1 aromatic carbocycles. The van der Waals surface area contributed by atoms with E-state index in [2.05, 4.69) is 16.4 Å². The maximum absolute atomic E-state index is 14.4. The Morgan fingerprint density at radius 1 is 1.03 bits per heavy atom. The molecule has 0 aliphatic carbocycles. The number of aromatic nitrogens is 3. The highest BCUT2D eigenvalue weighted by Gasteiger charge is 2.70. The standard InChI is InChI=1S/C28H34N6O4S/c1-2-13-31-14-7-11-21-22(25(31)36)23-26(37)33(16-5-6-17-35)24-27(38)32(15-8-12-28(23,24)39-21)18-34-20-10-4-3-9-19(20)29-30-34/h3-4,7-12,21-24,35H,2,5-6,13-18H2,1H3/t21-,22+,23+,24?,28+/m1/s1. The first-order valence-electron chi connectivity index (χ1n) is 13.8. The Morgan fingerprint density at radius 3 is 2.67 bits per heavy atom. The van der Waals surface area contributed by atoms with Gasteiger partial charge in [-0.25, -0.2) is 4.68 Å². The van der Waals surface area contributed by atoms with Crippen LogP contribution in [0.2, 0.25) is 0 Å². The Bertz CT molecular complexity index is 1340. The maximum atomic E-state index is 14.4. The summed E-state index contributed by atoms with van der Waals surface area (Å²) in [5, 5.41) is 17.7. The summed E-state index contributed by atoms with van der Waals surface area (Å²) in [6, 6.07) is 6.88. The van der Waals surface area contributed by atoms with Crippen molar-refractivity contribution in [2.24, 2.45) is 11.8 Å². The summed E-state index contributed by atoms with van der Waals surface area (Å²) in [5.74, 6) is -1.41. The van der Waals surface area contributed by atoms with Crippen molar-refractivity contribution in [3.63, 3.8) is 0 Å². The minimum Gasteiger partial charge on any atom is -0.396 e. The number of unbranched alkanes of at least 4 members (excludes halogenated alkanes) is 1. The van der Waals surface area contributed by atoms with Gasteiger partial charge in [0.2, 0.25) is 17.7 Å². The highest BCUT2D eigenvalue weighted by atomic mass is 32.2. The summed E-state index contributed by atoms with van der Waals surface area (Å²) in [6.07, 6.45) is 10.1. The molecule has 39 heavy (non-hydrogen) atoms. The number of para-hydroxylation sites is 1. The molecule has 4 aliphatic rings. The van der Waals surface area contributed by atoms with E-state index in [1.54, 1.807) is 26.2 Å². The monoisotopic (exact) mass is 550 g/mol. The smallest absolute Gasteiger partial charge is 0.248 e. The number of aliphatic hydroxyl groups excluding tert-OH is 1. The van der Waals surface area contributed by atoms with E-state index in [1.165, 1.54) is 0 Å². The fraction of sp³-hybridized carbons (Fsp3) is 0.536. The molecule has 5 atom stereocenters. The molecular formula is C28H34N6O4S. The van der Waals surface area contributed by atoms with Gasteiger partial charge in [-0.15, -0.1) is 16.9 Å². The third-order valence-corrected chi connectivity index (χ3v) is 10.1. The number of likely N-dealkylation sites (tertiary alicyclic amines) is 1. The van der Waals surface area contributed by atoms with Crippen LogP contribution >= 0.6 is 11.8 Å². The number of thioether (sulfide) groups is 1. The van der Waals surface area contributed by atoms with Gasteiger partial charge in [0, 0.05) is 38.0 Å². The number of nitrogens with zero attached hydrogens (tertiary/aromatic N) is 6. The van der Waals surface area contributed by atoms with E-state index in [0.717, 1.165) is 17.5 Å². The average molecular weight is 551 g/mol. The lowest BCUT2D eigenvalue weighted by Gasteiger charge is -2.35. The van der Waals surface area contributed by atoms with E-state index >= 15 is 0 Å². The highest BCUT2D eigenvalue weighted by molar-refractivity contribution is 8.02. The number of hydrogen-bond donors (Lipinski definition) is 1. The zero-order valence-electron chi connectivity index (χ0n) is 22.1. The third kappa shape index (κ3) is 4.17. The Hall–Kier alpha value is -3.18. The lowest BCUT2D eigenvalue weighted by Crippen LogP contribution is -2.53. The Morgan fingerprint density at radius 2 is 1.85 bits per heavy atom. The van der Waals surface area contributed by atoms with Gasteiger partial charge in [-0.1, -0.05) is 48.6 Å². The van der Waals surface area contributed by atoms with Crippen LogP contribution in [0.5, 0.6) is 0 Å². The fourth-order valence-electron chi connectivity index (χ4n) is 6.65. The van der Waals surface area contributed by atoms with Crippen molar-refractivity contribution < 1.29 is 19.5 Å². The molecule has 0 bridgehead atoms. The molecule has 6 rings (SSSR count). The molecule has 0 radical (unpaired) electrons. The van der Waals surface area contributed by atoms with E-state index < -0.39 is 22.6 Å². The number of hydrogen-bond acceptors (Lipinski definition) is 7. The van der Waals surface area contributed by atoms with E-state index in [4.69, 9.17) is 0 Å². The van der Waals surface area contributed by atoms with E-state index in [9.17, 15) is 19.5 Å². The summed E-state index contributed by atoms with van der Waals surface area (Å²) in [7, 11) is 0. The van der Waals surface area contributed by atoms with Crippen molar-refractivity contribution in [3.05, 3.63) is 48.6 Å². The van der Waals surface area contributed by atoms with Gasteiger partial charge in [0.15, 0.2) is 0 Å². The molecule has 3 amide bonds. The highest BCUT2D eigenvalue weighted by Crippen LogP contribution is 2.61. The molecule has 206 valence electrons. The summed E-state index contributed by atoms with van der Waals surface area (Å²) in [4.78, 5) is 47.7. The van der Waals surface area contributed by atoms with E-state index in [1.807, 2.05) is 54.3 Å². The molecule has 2 aromatic rings. The lowest BCUT2D eigenvalue weighted by atomic mass is 9.78. The molecule has 11 heteroatoms. The third-order valence-electron chi connectivity index (χ3n) is 8.35. The quantitative estimate of drug-likeness (QED) is 0.393. The summed E-state index contributed by atoms with van der Waals surface area (Å²) >= 11 is 1.59. The summed E-state index contributed by atoms with van der Waals surface area (Å²) < 4.78 is 0.876. The first-order chi connectivity index (χ1) is 19.0. The molecular weight excluding hydrogens is 516 g/mol. The Balaban J connectivity index is 1.38. The maximum Gasteiger partial charge on any atom is 0.248 e. The number of carbonyl (C=O) groups excluding carboxylic acids is 3. The van der Waals surface area contributed by atoms with Crippen LogP contribution in [0.15, 0.2) is 48.6 Å². The molecule has 10 nitrogen and oxygen atoms in total. The van der Waals surface area contributed by atoms with Crippen LogP contribution in [0.1, 0.15) is 26.2 Å². The SMILES string of the molecule is CCCN1CC=C[C@H]2S[C@]34C=CCN(Cn5nnc6ccccc65)C(=O)C3N(CCCCO)C(=O)[C@@H]4[C@H]2C1=O. The number of rotatable bonds is 8. The zero-order chi connectivity index (χ0) is 27.1. The number of amides is 3. The van der Waals surface area contributed by atoms with Gasteiger partial charge in [0.1, 0.15) is 18.2 Å². The van der Waals surface area contributed by atoms with Gasteiger partial charge in [-0.2, -0.15) is 0 Å². The molecule has 2 saturated heterocycles. The normalized spacial score (nSPS) is 30.1. The second kappa shape index (κ2) is 10.4. The second-order valence-corrected chi connectivity index (χ2v) is 12.2. The van der Waals surface area contributed by atoms with Gasteiger partial charge < -0.3 is 19.8 Å². The van der Waals surface area contributed by atoms with Gasteiger partial charge in [0.25, 0.3) is 0 Å². The van der Waals surface area contributed by atoms with Crippen LogP contribution in [-0.2, 0) is 21.1 Å². The van der Waals surface area contributed by atoms with Gasteiger partial charge in [0.05, 0.1) is 22.1 Å². The number of aliphatic hydroxyl groups is 1. The molecule has 1 unspecified atom stereocenters. The minimum atomic E-state index is -0.836. The molecule has 2 fully saturated rings. The van der Waals surface area contributed by atoms with Gasteiger partial charge >= 0.3 is 0 Å². The van der Waals surface area contributed by atoms with Crippen molar-refractivity contribution >= 4 is 40.5 Å². The van der Waals surface area contributed by atoms with Crippen molar-refractivity contribution in [1.82, 2.24) is 29.7 Å². The minimum absolute atomic E-state index is 0.00145. The second-order valence-electron chi connectivity index (χ2n) is 10.7. The van der Waals surface area contributed by atoms with Crippen LogP contribution in [0.25, 0.3) is 11.0 Å². The van der Waals surface area contributed by atoms with Crippen LogP contribution in [-0.4, -0.2) is 101 Å². The first-order valence-corrected chi connectivity index (χ1v) is 14.7. The van der Waals surface area contributed by atoms with Crippen molar-refractivity contribution in [2.45, 2.75) is 48.9 Å². The van der Waals surface area contributed by atoms with Gasteiger partial charge in [-0.3, -0.25) is 14.4 Å². The number of benzene rings is 1. The van der Waals surface area contributed by atoms with Crippen LogP contribution in [0.4, 0.5) is 0 Å². The number of carbonyl (C=O) groups is 3. The summed E-state index contributed by atoms with van der Waals surface area (Å²) in [6.45, 7) is 4.20. The van der Waals surface area contributed by atoms with Crippen LogP contribution < -0.4 is 0 Å². The molecule has 0 saturated carbocycles. The largest absolute Gasteiger partial charge is 0.396 e. The molecule has 5 heterocycles. The van der Waals surface area contributed by atoms with Crippen molar-refractivity contribution in [1.29, 1.82) is 0 Å². The van der Waals surface area contributed by atoms with Gasteiger partial charge in [-0.05, 0) is 31.4 Å². The zero-order valence-corrected chi connectivity index (χ0v) is 22.9. The topological polar surface area (TPSA) is 112 Å². The first kappa shape index (κ1) is 26.1. The lowest BCUT2D eigenvalue weighted by molar-refractivity contribution is -0.144. The van der Waals surface area contributed by atoms with E-state index in [-0.39, 0.29) is 36.2 Å².